The minimum absolute atomic E-state index is 0.583. The molecule has 0 aromatic carbocycles. The quantitative estimate of drug-likeness (QED) is 0.512. The highest BCUT2D eigenvalue weighted by molar-refractivity contribution is 5.11. The molecule has 2 rings (SSSR count). The Morgan fingerprint density at radius 1 is 1.00 bits per heavy atom. The zero-order valence-corrected chi connectivity index (χ0v) is 9.20. The van der Waals surface area contributed by atoms with Crippen molar-refractivity contribution in [1.29, 1.82) is 0 Å². The first-order valence-corrected chi connectivity index (χ1v) is 5.29. The van der Waals surface area contributed by atoms with Crippen LogP contribution in [-0.4, -0.2) is 0 Å². The fraction of sp³-hybridized carbons (Fsp3) is 1.00. The summed E-state index contributed by atoms with van der Waals surface area (Å²) in [6, 6.07) is 0. The van der Waals surface area contributed by atoms with Gasteiger partial charge in [0.15, 0.2) is 0 Å². The summed E-state index contributed by atoms with van der Waals surface area (Å²) in [7, 11) is 0. The SMILES string of the molecule is CC1CC2(C)CC(C)(C)C1(C)C2. The number of hydrogen-bond donors (Lipinski definition) is 0. The van der Waals surface area contributed by atoms with Crippen LogP contribution in [0, 0.1) is 22.2 Å². The van der Waals surface area contributed by atoms with Crippen molar-refractivity contribution in [2.45, 2.75) is 53.9 Å². The average molecular weight is 166 g/mol. The van der Waals surface area contributed by atoms with E-state index in [0.29, 0.717) is 16.2 Å². The van der Waals surface area contributed by atoms with E-state index in [-0.39, 0.29) is 0 Å². The largest absolute Gasteiger partial charge is 0.0619 e. The Morgan fingerprint density at radius 2 is 1.58 bits per heavy atom. The minimum Gasteiger partial charge on any atom is -0.0619 e. The molecular formula is C12H22. The first-order valence-electron chi connectivity index (χ1n) is 5.29. The second kappa shape index (κ2) is 1.91. The number of hydrogen-bond acceptors (Lipinski definition) is 0. The van der Waals surface area contributed by atoms with E-state index in [4.69, 9.17) is 0 Å². The lowest BCUT2D eigenvalue weighted by Crippen LogP contribution is -2.36. The molecule has 0 aromatic heterocycles. The lowest BCUT2D eigenvalue weighted by atomic mass is 9.60. The molecule has 0 nitrogen and oxygen atoms in total. The molecule has 0 heteroatoms. The third-order valence-electron chi connectivity index (χ3n) is 5.10. The van der Waals surface area contributed by atoms with Crippen molar-refractivity contribution in [2.24, 2.45) is 22.2 Å². The third-order valence-corrected chi connectivity index (χ3v) is 5.10. The molecule has 0 N–H and O–H groups in total. The summed E-state index contributed by atoms with van der Waals surface area (Å²) in [4.78, 5) is 0. The van der Waals surface area contributed by atoms with Gasteiger partial charge >= 0.3 is 0 Å². The van der Waals surface area contributed by atoms with E-state index in [1.807, 2.05) is 0 Å². The summed E-state index contributed by atoms with van der Waals surface area (Å²) in [6.07, 6.45) is 4.38. The van der Waals surface area contributed by atoms with E-state index < -0.39 is 0 Å². The van der Waals surface area contributed by atoms with Gasteiger partial charge in [-0.05, 0) is 41.4 Å². The van der Waals surface area contributed by atoms with Crippen molar-refractivity contribution in [3.05, 3.63) is 0 Å². The highest BCUT2D eigenvalue weighted by Crippen LogP contribution is 2.71. The van der Waals surface area contributed by atoms with Crippen LogP contribution in [0.15, 0.2) is 0 Å². The summed E-state index contributed by atoms with van der Waals surface area (Å²) in [5.41, 5.74) is 1.89. The topological polar surface area (TPSA) is 0 Å². The summed E-state index contributed by atoms with van der Waals surface area (Å²) in [6.45, 7) is 12.4. The first-order chi connectivity index (χ1) is 5.29. The molecule has 3 unspecified atom stereocenters. The second-order valence-corrected chi connectivity index (χ2v) is 6.57. The molecule has 2 saturated carbocycles. The van der Waals surface area contributed by atoms with Gasteiger partial charge in [-0.2, -0.15) is 0 Å². The maximum Gasteiger partial charge on any atom is -0.0243 e. The Labute approximate surface area is 76.7 Å². The van der Waals surface area contributed by atoms with Gasteiger partial charge in [0, 0.05) is 0 Å². The Balaban J connectivity index is 2.41. The fourth-order valence-electron chi connectivity index (χ4n) is 4.41. The van der Waals surface area contributed by atoms with Gasteiger partial charge in [0.05, 0.1) is 0 Å². The molecule has 0 aromatic rings. The van der Waals surface area contributed by atoms with Crippen molar-refractivity contribution in [2.75, 3.05) is 0 Å². The van der Waals surface area contributed by atoms with Crippen LogP contribution in [0.3, 0.4) is 0 Å². The van der Waals surface area contributed by atoms with Crippen molar-refractivity contribution in [3.8, 4) is 0 Å². The Morgan fingerprint density at radius 3 is 1.83 bits per heavy atom. The molecule has 0 heterocycles. The first kappa shape index (κ1) is 8.59. The van der Waals surface area contributed by atoms with Gasteiger partial charge in [0.25, 0.3) is 0 Å². The highest BCUT2D eigenvalue weighted by atomic mass is 14.7. The number of rotatable bonds is 0. The van der Waals surface area contributed by atoms with Crippen LogP contribution in [-0.2, 0) is 0 Å². The van der Waals surface area contributed by atoms with Gasteiger partial charge in [-0.25, -0.2) is 0 Å². The normalized spacial score (nSPS) is 56.2. The maximum atomic E-state index is 2.51. The summed E-state index contributed by atoms with van der Waals surface area (Å²) < 4.78 is 0. The van der Waals surface area contributed by atoms with Crippen LogP contribution in [0.1, 0.15) is 53.9 Å². The molecule has 2 bridgehead atoms. The zero-order chi connectivity index (χ0) is 9.20. The van der Waals surface area contributed by atoms with Crippen LogP contribution in [0.25, 0.3) is 0 Å². The van der Waals surface area contributed by atoms with E-state index >= 15 is 0 Å². The molecule has 70 valence electrons. The van der Waals surface area contributed by atoms with Crippen molar-refractivity contribution >= 4 is 0 Å². The molecular weight excluding hydrogens is 144 g/mol. The number of fused-ring (bicyclic) bond motifs is 2. The summed E-state index contributed by atoms with van der Waals surface area (Å²) >= 11 is 0. The van der Waals surface area contributed by atoms with Gasteiger partial charge in [-0.15, -0.1) is 0 Å². The Bertz CT molecular complexity index is 216. The van der Waals surface area contributed by atoms with Crippen molar-refractivity contribution < 1.29 is 0 Å². The molecule has 0 amide bonds. The van der Waals surface area contributed by atoms with Gasteiger partial charge in [0.2, 0.25) is 0 Å². The predicted octanol–water partition coefficient (Wildman–Crippen LogP) is 3.86. The molecule has 0 spiro atoms. The summed E-state index contributed by atoms with van der Waals surface area (Å²) in [5.74, 6) is 0.936. The minimum atomic E-state index is 0.583. The van der Waals surface area contributed by atoms with E-state index in [1.54, 1.807) is 0 Å². The monoisotopic (exact) mass is 166 g/mol. The molecule has 2 aliphatic rings. The molecule has 0 aliphatic heterocycles. The molecule has 0 saturated heterocycles. The third kappa shape index (κ3) is 0.791. The average Bonchev–Trinajstić information content (AvgIpc) is 2.10. The zero-order valence-electron chi connectivity index (χ0n) is 9.20. The molecule has 2 aliphatic carbocycles. The Hall–Kier alpha value is 0. The molecule has 2 fully saturated rings. The van der Waals surface area contributed by atoms with Gasteiger partial charge in [-0.3, -0.25) is 0 Å². The smallest absolute Gasteiger partial charge is 0.0243 e. The van der Waals surface area contributed by atoms with Gasteiger partial charge in [0.1, 0.15) is 0 Å². The van der Waals surface area contributed by atoms with Crippen molar-refractivity contribution in [1.82, 2.24) is 0 Å². The predicted molar refractivity (Wildman–Crippen MR) is 53.0 cm³/mol. The molecule has 12 heavy (non-hydrogen) atoms. The van der Waals surface area contributed by atoms with E-state index in [9.17, 15) is 0 Å². The lowest BCUT2D eigenvalue weighted by molar-refractivity contribution is 0.0477. The van der Waals surface area contributed by atoms with E-state index in [2.05, 4.69) is 34.6 Å². The second-order valence-electron chi connectivity index (χ2n) is 6.57. The maximum absolute atomic E-state index is 2.51. The Kier molecular flexibility index (Phi) is 1.37. The van der Waals surface area contributed by atoms with E-state index in [0.717, 1.165) is 5.92 Å². The van der Waals surface area contributed by atoms with Crippen molar-refractivity contribution in [3.63, 3.8) is 0 Å². The van der Waals surface area contributed by atoms with E-state index in [1.165, 1.54) is 19.3 Å². The standard InChI is InChI=1S/C12H22/c1-9-6-11(4)7-10(2,3)12(9,5)8-11/h9H,6-8H2,1-5H3. The molecule has 3 atom stereocenters. The lowest BCUT2D eigenvalue weighted by Gasteiger charge is -2.44. The summed E-state index contributed by atoms with van der Waals surface area (Å²) in [5, 5.41) is 0. The van der Waals surface area contributed by atoms with Crippen LogP contribution < -0.4 is 0 Å². The van der Waals surface area contributed by atoms with Crippen LogP contribution in [0.4, 0.5) is 0 Å². The fourth-order valence-corrected chi connectivity index (χ4v) is 4.41. The van der Waals surface area contributed by atoms with Gasteiger partial charge in [-0.1, -0.05) is 34.6 Å². The molecule has 0 radical (unpaired) electrons. The van der Waals surface area contributed by atoms with Gasteiger partial charge < -0.3 is 0 Å². The van der Waals surface area contributed by atoms with Crippen LogP contribution in [0.5, 0.6) is 0 Å². The van der Waals surface area contributed by atoms with Crippen LogP contribution in [0.2, 0.25) is 0 Å². The van der Waals surface area contributed by atoms with Crippen LogP contribution >= 0.6 is 0 Å². The highest BCUT2D eigenvalue weighted by Gasteiger charge is 2.62.